The molecule has 2 amide bonds. The van der Waals surface area contributed by atoms with Crippen molar-refractivity contribution in [2.24, 2.45) is 5.92 Å². The van der Waals surface area contributed by atoms with Gasteiger partial charge in [0.2, 0.25) is 0 Å². The molecule has 0 aromatic carbocycles. The summed E-state index contributed by atoms with van der Waals surface area (Å²) in [4.78, 5) is 25.9. The molecule has 9 heteroatoms. The molecule has 0 aliphatic carbocycles. The predicted molar refractivity (Wildman–Crippen MR) is 94.8 cm³/mol. The zero-order chi connectivity index (χ0) is 19.2. The number of piperidine rings is 1. The minimum atomic E-state index is -0.499. The molecule has 9 nitrogen and oxygen atoms in total. The van der Waals surface area contributed by atoms with Gasteiger partial charge in [0, 0.05) is 33.3 Å². The van der Waals surface area contributed by atoms with Crippen molar-refractivity contribution >= 4 is 12.0 Å². The SMILES string of the molecule is COCCNC(=O)c1cn(C[C@@H]2CCCN(C(=O)OC(C)(C)C)C2)nn1. The molecule has 1 aromatic heterocycles. The van der Waals surface area contributed by atoms with Crippen LogP contribution in [0.4, 0.5) is 4.79 Å². The molecule has 2 rings (SSSR count). The second-order valence-electron chi connectivity index (χ2n) is 7.51. The Kier molecular flexibility index (Phi) is 6.96. The number of hydrogen-bond donors (Lipinski definition) is 1. The number of hydrogen-bond acceptors (Lipinski definition) is 6. The summed E-state index contributed by atoms with van der Waals surface area (Å²) in [6.45, 7) is 8.39. The molecular formula is C17H29N5O4. The molecule has 146 valence electrons. The van der Waals surface area contributed by atoms with E-state index < -0.39 is 5.60 Å². The second kappa shape index (κ2) is 8.98. The summed E-state index contributed by atoms with van der Waals surface area (Å²) in [5.41, 5.74) is -0.220. The Morgan fingerprint density at radius 2 is 2.15 bits per heavy atom. The van der Waals surface area contributed by atoms with E-state index in [1.807, 2.05) is 20.8 Å². The van der Waals surface area contributed by atoms with Gasteiger partial charge >= 0.3 is 6.09 Å². The van der Waals surface area contributed by atoms with Crippen LogP contribution in [0.2, 0.25) is 0 Å². The fourth-order valence-electron chi connectivity index (χ4n) is 2.82. The van der Waals surface area contributed by atoms with Crippen LogP contribution in [0.3, 0.4) is 0 Å². The Bertz CT molecular complexity index is 611. The van der Waals surface area contributed by atoms with Gasteiger partial charge in [-0.3, -0.25) is 9.48 Å². The van der Waals surface area contributed by atoms with Crippen molar-refractivity contribution in [3.63, 3.8) is 0 Å². The summed E-state index contributed by atoms with van der Waals surface area (Å²) in [6.07, 6.45) is 3.27. The van der Waals surface area contributed by atoms with Gasteiger partial charge in [-0.25, -0.2) is 4.79 Å². The molecule has 0 saturated carbocycles. The first-order chi connectivity index (χ1) is 12.3. The number of likely N-dealkylation sites (tertiary alicyclic amines) is 1. The van der Waals surface area contributed by atoms with Crippen LogP contribution < -0.4 is 5.32 Å². The molecule has 1 aliphatic heterocycles. The molecule has 1 saturated heterocycles. The first-order valence-corrected chi connectivity index (χ1v) is 8.93. The lowest BCUT2D eigenvalue weighted by Crippen LogP contribution is -2.43. The van der Waals surface area contributed by atoms with Crippen LogP contribution in [0.1, 0.15) is 44.1 Å². The highest BCUT2D eigenvalue weighted by atomic mass is 16.6. The van der Waals surface area contributed by atoms with Crippen LogP contribution >= 0.6 is 0 Å². The number of methoxy groups -OCH3 is 1. The van der Waals surface area contributed by atoms with Crippen LogP contribution in [0.15, 0.2) is 6.20 Å². The molecule has 26 heavy (non-hydrogen) atoms. The average Bonchev–Trinajstić information content (AvgIpc) is 3.02. The van der Waals surface area contributed by atoms with Crippen LogP contribution in [-0.4, -0.2) is 70.8 Å². The first kappa shape index (κ1) is 20.2. The summed E-state index contributed by atoms with van der Waals surface area (Å²) in [6, 6.07) is 0. The number of amides is 2. The number of nitrogens with one attached hydrogen (secondary N) is 1. The zero-order valence-corrected chi connectivity index (χ0v) is 16.0. The summed E-state index contributed by atoms with van der Waals surface area (Å²) < 4.78 is 12.0. The van der Waals surface area contributed by atoms with E-state index in [9.17, 15) is 9.59 Å². The Morgan fingerprint density at radius 1 is 1.38 bits per heavy atom. The number of carbonyl (C=O) groups is 2. The molecule has 1 N–H and O–H groups in total. The maximum absolute atomic E-state index is 12.2. The van der Waals surface area contributed by atoms with E-state index in [1.54, 1.807) is 22.9 Å². The van der Waals surface area contributed by atoms with Gasteiger partial charge in [-0.05, 0) is 39.5 Å². The van der Waals surface area contributed by atoms with E-state index in [-0.39, 0.29) is 23.6 Å². The third kappa shape index (κ3) is 6.29. The Morgan fingerprint density at radius 3 is 2.85 bits per heavy atom. The predicted octanol–water partition coefficient (Wildman–Crippen LogP) is 1.30. The Labute approximate surface area is 154 Å². The van der Waals surface area contributed by atoms with Crippen molar-refractivity contribution in [3.05, 3.63) is 11.9 Å². The van der Waals surface area contributed by atoms with E-state index >= 15 is 0 Å². The van der Waals surface area contributed by atoms with Crippen molar-refractivity contribution in [1.29, 1.82) is 0 Å². The van der Waals surface area contributed by atoms with Crippen molar-refractivity contribution in [3.8, 4) is 0 Å². The summed E-state index contributed by atoms with van der Waals surface area (Å²) in [7, 11) is 1.58. The molecule has 0 spiro atoms. The Hall–Kier alpha value is -2.16. The third-order valence-electron chi connectivity index (χ3n) is 3.98. The largest absolute Gasteiger partial charge is 0.444 e. The fraction of sp³-hybridized carbons (Fsp3) is 0.765. The minimum absolute atomic E-state index is 0.252. The highest BCUT2D eigenvalue weighted by Gasteiger charge is 2.28. The van der Waals surface area contributed by atoms with Gasteiger partial charge in [0.05, 0.1) is 12.8 Å². The maximum Gasteiger partial charge on any atom is 0.410 e. The average molecular weight is 367 g/mol. The second-order valence-corrected chi connectivity index (χ2v) is 7.51. The third-order valence-corrected chi connectivity index (χ3v) is 3.98. The first-order valence-electron chi connectivity index (χ1n) is 8.93. The van der Waals surface area contributed by atoms with Crippen LogP contribution in [0.5, 0.6) is 0 Å². The highest BCUT2D eigenvalue weighted by Crippen LogP contribution is 2.20. The van der Waals surface area contributed by atoms with Crippen LogP contribution in [0, 0.1) is 5.92 Å². The van der Waals surface area contributed by atoms with Gasteiger partial charge in [0.25, 0.3) is 5.91 Å². The quantitative estimate of drug-likeness (QED) is 0.761. The number of nitrogens with zero attached hydrogens (tertiary/aromatic N) is 4. The van der Waals surface area contributed by atoms with Crippen molar-refractivity contribution in [2.45, 2.75) is 45.8 Å². The van der Waals surface area contributed by atoms with E-state index in [0.29, 0.717) is 32.8 Å². The van der Waals surface area contributed by atoms with Gasteiger partial charge in [0.15, 0.2) is 5.69 Å². The van der Waals surface area contributed by atoms with Crippen LogP contribution in [0.25, 0.3) is 0 Å². The number of rotatable bonds is 6. The van der Waals surface area contributed by atoms with Crippen molar-refractivity contribution in [1.82, 2.24) is 25.2 Å². The lowest BCUT2D eigenvalue weighted by atomic mass is 9.98. The molecule has 0 unspecified atom stereocenters. The molecule has 0 radical (unpaired) electrons. The summed E-state index contributed by atoms with van der Waals surface area (Å²) in [5, 5.41) is 10.7. The number of carbonyl (C=O) groups excluding carboxylic acids is 2. The fourth-order valence-corrected chi connectivity index (χ4v) is 2.82. The molecule has 1 aliphatic rings. The van der Waals surface area contributed by atoms with E-state index in [2.05, 4.69) is 15.6 Å². The highest BCUT2D eigenvalue weighted by molar-refractivity contribution is 5.91. The molecular weight excluding hydrogens is 338 g/mol. The van der Waals surface area contributed by atoms with Gasteiger partial charge < -0.3 is 19.7 Å². The zero-order valence-electron chi connectivity index (χ0n) is 16.0. The molecule has 1 aromatic rings. The smallest absolute Gasteiger partial charge is 0.410 e. The molecule has 1 atom stereocenters. The summed E-state index contributed by atoms with van der Waals surface area (Å²) >= 11 is 0. The minimum Gasteiger partial charge on any atom is -0.444 e. The van der Waals surface area contributed by atoms with Gasteiger partial charge in [-0.2, -0.15) is 0 Å². The monoisotopic (exact) mass is 367 g/mol. The molecule has 1 fully saturated rings. The topological polar surface area (TPSA) is 98.6 Å². The standard InChI is InChI=1S/C17H29N5O4/c1-17(2,3)26-16(24)21-8-5-6-13(10-21)11-22-12-14(19-20-22)15(23)18-7-9-25-4/h12-13H,5-11H2,1-4H3,(H,18,23)/t13-/m1/s1. The Balaban J connectivity index is 1.86. The van der Waals surface area contributed by atoms with E-state index in [4.69, 9.17) is 9.47 Å². The van der Waals surface area contributed by atoms with Crippen molar-refractivity contribution in [2.75, 3.05) is 33.4 Å². The molecule has 2 heterocycles. The van der Waals surface area contributed by atoms with E-state index in [0.717, 1.165) is 12.8 Å². The van der Waals surface area contributed by atoms with E-state index in [1.165, 1.54) is 0 Å². The maximum atomic E-state index is 12.2. The lowest BCUT2D eigenvalue weighted by Gasteiger charge is -2.34. The normalized spacial score (nSPS) is 17.8. The van der Waals surface area contributed by atoms with Gasteiger partial charge in [-0.15, -0.1) is 5.10 Å². The van der Waals surface area contributed by atoms with Crippen LogP contribution in [-0.2, 0) is 16.0 Å². The lowest BCUT2D eigenvalue weighted by molar-refractivity contribution is 0.0155. The van der Waals surface area contributed by atoms with Gasteiger partial charge in [0.1, 0.15) is 5.60 Å². The number of ether oxygens (including phenoxy) is 2. The van der Waals surface area contributed by atoms with Gasteiger partial charge in [-0.1, -0.05) is 5.21 Å². The molecule has 0 bridgehead atoms. The number of aromatic nitrogens is 3. The summed E-state index contributed by atoms with van der Waals surface area (Å²) in [5.74, 6) is -0.0188. The van der Waals surface area contributed by atoms with Crippen molar-refractivity contribution < 1.29 is 19.1 Å².